The zero-order valence-electron chi connectivity index (χ0n) is 9.82. The van der Waals surface area contributed by atoms with Gasteiger partial charge in [-0.15, -0.1) is 0 Å². The Kier molecular flexibility index (Phi) is 3.69. The van der Waals surface area contributed by atoms with Crippen LogP contribution in [0.5, 0.6) is 0 Å². The average molecular weight is 254 g/mol. The molecule has 1 fully saturated rings. The first-order chi connectivity index (χ1) is 8.11. The van der Waals surface area contributed by atoms with Crippen LogP contribution in [0.25, 0.3) is 0 Å². The molecule has 1 heterocycles. The fraction of sp³-hybridized carbons (Fsp3) is 0.462. The van der Waals surface area contributed by atoms with Crippen LogP contribution < -0.4 is 0 Å². The van der Waals surface area contributed by atoms with Gasteiger partial charge in [0.05, 0.1) is 0 Å². The van der Waals surface area contributed by atoms with Crippen molar-refractivity contribution in [3.63, 3.8) is 0 Å². The molecule has 0 bridgehead atoms. The summed E-state index contributed by atoms with van der Waals surface area (Å²) in [6.07, 6.45) is 0.884. The van der Waals surface area contributed by atoms with Gasteiger partial charge in [-0.1, -0.05) is 11.6 Å². The van der Waals surface area contributed by atoms with E-state index in [4.69, 9.17) is 16.7 Å². The van der Waals surface area contributed by atoms with Crippen molar-refractivity contribution in [2.45, 2.75) is 13.3 Å². The molecular formula is C13H16ClNO2. The second kappa shape index (κ2) is 5.07. The Morgan fingerprint density at radius 2 is 2.35 bits per heavy atom. The molecule has 2 rings (SSSR count). The van der Waals surface area contributed by atoms with Crippen LogP contribution in [-0.4, -0.2) is 35.6 Å². The van der Waals surface area contributed by atoms with Gasteiger partial charge >= 0.3 is 0 Å². The molecule has 1 aliphatic heterocycles. The number of aliphatic hydroxyl groups is 1. The van der Waals surface area contributed by atoms with Gasteiger partial charge in [0.2, 0.25) is 0 Å². The van der Waals surface area contributed by atoms with Gasteiger partial charge < -0.3 is 10.0 Å². The maximum Gasteiger partial charge on any atom is 0.254 e. The van der Waals surface area contributed by atoms with Crippen molar-refractivity contribution in [1.82, 2.24) is 4.90 Å². The lowest BCUT2D eigenvalue weighted by Crippen LogP contribution is -2.29. The van der Waals surface area contributed by atoms with E-state index in [-0.39, 0.29) is 18.4 Å². The number of aliphatic hydroxyl groups excluding tert-OH is 1. The smallest absolute Gasteiger partial charge is 0.254 e. The molecule has 1 N–H and O–H groups in total. The third-order valence-electron chi connectivity index (χ3n) is 3.25. The van der Waals surface area contributed by atoms with Crippen LogP contribution in [0.2, 0.25) is 5.02 Å². The number of likely N-dealkylation sites (tertiary alicyclic amines) is 1. The largest absolute Gasteiger partial charge is 0.396 e. The second-order valence-electron chi connectivity index (χ2n) is 4.55. The molecule has 17 heavy (non-hydrogen) atoms. The van der Waals surface area contributed by atoms with Crippen molar-refractivity contribution in [3.05, 3.63) is 34.3 Å². The maximum absolute atomic E-state index is 12.2. The van der Waals surface area contributed by atoms with Crippen LogP contribution in [0.15, 0.2) is 18.2 Å². The summed E-state index contributed by atoms with van der Waals surface area (Å²) in [6.45, 7) is 3.42. The SMILES string of the molecule is Cc1cc(Cl)ccc1C(=O)N1CC[C@H](CO)C1. The number of nitrogens with zero attached hydrogens (tertiary/aromatic N) is 1. The summed E-state index contributed by atoms with van der Waals surface area (Å²) in [5, 5.41) is 9.72. The van der Waals surface area contributed by atoms with Gasteiger partial charge in [0, 0.05) is 36.2 Å². The summed E-state index contributed by atoms with van der Waals surface area (Å²) in [6, 6.07) is 5.31. The van der Waals surface area contributed by atoms with Crippen LogP contribution in [0.3, 0.4) is 0 Å². The molecule has 1 aromatic rings. The Balaban J connectivity index is 2.15. The summed E-state index contributed by atoms with van der Waals surface area (Å²) in [4.78, 5) is 14.0. The first-order valence-electron chi connectivity index (χ1n) is 5.78. The summed E-state index contributed by atoms with van der Waals surface area (Å²) in [5.41, 5.74) is 1.60. The monoisotopic (exact) mass is 253 g/mol. The van der Waals surface area contributed by atoms with Gasteiger partial charge in [-0.3, -0.25) is 4.79 Å². The fourth-order valence-corrected chi connectivity index (χ4v) is 2.43. The molecule has 1 saturated heterocycles. The van der Waals surface area contributed by atoms with E-state index in [1.807, 2.05) is 6.92 Å². The van der Waals surface area contributed by atoms with Gasteiger partial charge in [-0.25, -0.2) is 0 Å². The molecule has 1 aliphatic rings. The molecule has 0 spiro atoms. The molecular weight excluding hydrogens is 238 g/mol. The summed E-state index contributed by atoms with van der Waals surface area (Å²) in [7, 11) is 0. The predicted octanol–water partition coefficient (Wildman–Crippen LogP) is 2.10. The minimum absolute atomic E-state index is 0.0371. The van der Waals surface area contributed by atoms with E-state index in [1.54, 1.807) is 23.1 Å². The number of hydrogen-bond acceptors (Lipinski definition) is 2. The van der Waals surface area contributed by atoms with Crippen molar-refractivity contribution >= 4 is 17.5 Å². The van der Waals surface area contributed by atoms with Gasteiger partial charge in [0.25, 0.3) is 5.91 Å². The number of hydrogen-bond donors (Lipinski definition) is 1. The lowest BCUT2D eigenvalue weighted by Gasteiger charge is -2.17. The molecule has 1 amide bonds. The van der Waals surface area contributed by atoms with Crippen LogP contribution in [0, 0.1) is 12.8 Å². The normalized spacial score (nSPS) is 19.7. The van der Waals surface area contributed by atoms with Crippen molar-refractivity contribution in [2.75, 3.05) is 19.7 Å². The van der Waals surface area contributed by atoms with Crippen LogP contribution >= 0.6 is 11.6 Å². The van der Waals surface area contributed by atoms with E-state index in [0.717, 1.165) is 18.5 Å². The fourth-order valence-electron chi connectivity index (χ4n) is 2.20. The highest BCUT2D eigenvalue weighted by Gasteiger charge is 2.26. The van der Waals surface area contributed by atoms with Crippen LogP contribution in [-0.2, 0) is 0 Å². The van der Waals surface area contributed by atoms with E-state index in [2.05, 4.69) is 0 Å². The molecule has 0 aromatic heterocycles. The summed E-state index contributed by atoms with van der Waals surface area (Å²) >= 11 is 5.87. The number of carbonyl (C=O) groups is 1. The van der Waals surface area contributed by atoms with Gasteiger partial charge in [0.1, 0.15) is 0 Å². The summed E-state index contributed by atoms with van der Waals surface area (Å²) < 4.78 is 0. The van der Waals surface area contributed by atoms with Crippen LogP contribution in [0.1, 0.15) is 22.3 Å². The number of rotatable bonds is 2. The summed E-state index contributed by atoms with van der Waals surface area (Å²) in [5.74, 6) is 0.265. The molecule has 0 radical (unpaired) electrons. The van der Waals surface area contributed by atoms with E-state index in [0.29, 0.717) is 17.1 Å². The standard InChI is InChI=1S/C13H16ClNO2/c1-9-6-11(14)2-3-12(9)13(17)15-5-4-10(7-15)8-16/h2-3,6,10,16H,4-5,7-8H2,1H3/t10-/m0/s1. The lowest BCUT2D eigenvalue weighted by molar-refractivity contribution is 0.0781. The Bertz CT molecular complexity index is 433. The highest BCUT2D eigenvalue weighted by Crippen LogP contribution is 2.21. The van der Waals surface area contributed by atoms with Gasteiger partial charge in [-0.2, -0.15) is 0 Å². The number of aryl methyl sites for hydroxylation is 1. The van der Waals surface area contributed by atoms with Gasteiger partial charge in [0.15, 0.2) is 0 Å². The van der Waals surface area contributed by atoms with Crippen molar-refractivity contribution in [3.8, 4) is 0 Å². The third-order valence-corrected chi connectivity index (χ3v) is 3.49. The maximum atomic E-state index is 12.2. The second-order valence-corrected chi connectivity index (χ2v) is 4.98. The van der Waals surface area contributed by atoms with Crippen molar-refractivity contribution in [2.24, 2.45) is 5.92 Å². The molecule has 3 nitrogen and oxygen atoms in total. The lowest BCUT2D eigenvalue weighted by atomic mass is 10.1. The topological polar surface area (TPSA) is 40.5 Å². The highest BCUT2D eigenvalue weighted by molar-refractivity contribution is 6.30. The molecule has 0 unspecified atom stereocenters. The van der Waals surface area contributed by atoms with E-state index in [9.17, 15) is 4.79 Å². The quantitative estimate of drug-likeness (QED) is 0.877. The molecule has 1 aromatic carbocycles. The van der Waals surface area contributed by atoms with Crippen molar-refractivity contribution < 1.29 is 9.90 Å². The Morgan fingerprint density at radius 3 is 2.94 bits per heavy atom. The average Bonchev–Trinajstić information content (AvgIpc) is 2.76. The number of halogens is 1. The van der Waals surface area contributed by atoms with E-state index < -0.39 is 0 Å². The third kappa shape index (κ3) is 2.61. The Labute approximate surface area is 106 Å². The minimum Gasteiger partial charge on any atom is -0.396 e. The first kappa shape index (κ1) is 12.4. The Morgan fingerprint density at radius 1 is 1.59 bits per heavy atom. The molecule has 0 aliphatic carbocycles. The first-order valence-corrected chi connectivity index (χ1v) is 6.16. The molecule has 0 saturated carbocycles. The highest BCUT2D eigenvalue weighted by atomic mass is 35.5. The van der Waals surface area contributed by atoms with Crippen LogP contribution in [0.4, 0.5) is 0 Å². The molecule has 92 valence electrons. The van der Waals surface area contributed by atoms with Gasteiger partial charge in [-0.05, 0) is 37.1 Å². The Hall–Kier alpha value is -1.06. The number of benzene rings is 1. The number of amides is 1. The van der Waals surface area contributed by atoms with Crippen molar-refractivity contribution in [1.29, 1.82) is 0 Å². The molecule has 4 heteroatoms. The zero-order chi connectivity index (χ0) is 12.4. The zero-order valence-corrected chi connectivity index (χ0v) is 10.6. The number of carbonyl (C=O) groups excluding carboxylic acids is 1. The minimum atomic E-state index is 0.0371. The van der Waals surface area contributed by atoms with E-state index in [1.165, 1.54) is 0 Å². The van der Waals surface area contributed by atoms with E-state index >= 15 is 0 Å². The molecule has 1 atom stereocenters. The predicted molar refractivity (Wildman–Crippen MR) is 67.3 cm³/mol.